The molecule has 0 aliphatic carbocycles. The molecule has 0 radical (unpaired) electrons. The minimum absolute atomic E-state index is 0.856. The van der Waals surface area contributed by atoms with Crippen LogP contribution in [-0.2, 0) is 12.8 Å². The lowest BCUT2D eigenvalue weighted by Gasteiger charge is -2.14. The third kappa shape index (κ3) is 3.26. The standard InChI is InChI=1S/C16H22N4/c1-4-12-7-9-13(10-8-12)20-16-14(5-2)15(17-6-3)18-11-19-16/h7-11H,4-6H2,1-3H3,(H2,17,18,19,20). The SMILES string of the molecule is CCNc1ncnc(Nc2ccc(CC)cc2)c1CC. The molecule has 20 heavy (non-hydrogen) atoms. The van der Waals surface area contributed by atoms with Crippen molar-refractivity contribution in [3.63, 3.8) is 0 Å². The molecule has 0 saturated carbocycles. The molecular formula is C16H22N4. The van der Waals surface area contributed by atoms with Crippen LogP contribution in [0.5, 0.6) is 0 Å². The van der Waals surface area contributed by atoms with Gasteiger partial charge in [-0.25, -0.2) is 9.97 Å². The van der Waals surface area contributed by atoms with Gasteiger partial charge in [0, 0.05) is 17.8 Å². The maximum absolute atomic E-state index is 4.37. The van der Waals surface area contributed by atoms with Crippen LogP contribution in [0, 0.1) is 0 Å². The van der Waals surface area contributed by atoms with Crippen molar-refractivity contribution in [3.05, 3.63) is 41.7 Å². The van der Waals surface area contributed by atoms with E-state index in [0.717, 1.165) is 42.3 Å². The number of anilines is 3. The molecule has 0 amide bonds. The Kier molecular flexibility index (Phi) is 4.93. The molecule has 2 N–H and O–H groups in total. The van der Waals surface area contributed by atoms with Crippen molar-refractivity contribution >= 4 is 17.3 Å². The van der Waals surface area contributed by atoms with E-state index in [9.17, 15) is 0 Å². The zero-order valence-electron chi connectivity index (χ0n) is 12.4. The third-order valence-corrected chi connectivity index (χ3v) is 3.27. The Morgan fingerprint density at radius 3 is 2.20 bits per heavy atom. The Labute approximate surface area is 120 Å². The molecule has 4 heteroatoms. The third-order valence-electron chi connectivity index (χ3n) is 3.27. The van der Waals surface area contributed by atoms with Crippen LogP contribution in [0.15, 0.2) is 30.6 Å². The van der Waals surface area contributed by atoms with Crippen LogP contribution < -0.4 is 10.6 Å². The fraction of sp³-hybridized carbons (Fsp3) is 0.375. The quantitative estimate of drug-likeness (QED) is 0.838. The molecule has 0 bridgehead atoms. The molecular weight excluding hydrogens is 248 g/mol. The van der Waals surface area contributed by atoms with Gasteiger partial charge in [-0.05, 0) is 37.5 Å². The Balaban J connectivity index is 2.25. The van der Waals surface area contributed by atoms with Gasteiger partial charge in [-0.2, -0.15) is 0 Å². The highest BCUT2D eigenvalue weighted by molar-refractivity contribution is 5.64. The largest absolute Gasteiger partial charge is 0.370 e. The number of nitrogens with one attached hydrogen (secondary N) is 2. The Morgan fingerprint density at radius 1 is 0.900 bits per heavy atom. The molecule has 0 atom stereocenters. The van der Waals surface area contributed by atoms with Crippen LogP contribution in [-0.4, -0.2) is 16.5 Å². The molecule has 0 unspecified atom stereocenters. The predicted molar refractivity (Wildman–Crippen MR) is 84.7 cm³/mol. The van der Waals surface area contributed by atoms with Crippen LogP contribution in [0.25, 0.3) is 0 Å². The van der Waals surface area contributed by atoms with Gasteiger partial charge in [0.25, 0.3) is 0 Å². The maximum Gasteiger partial charge on any atom is 0.139 e. The molecule has 0 fully saturated rings. The molecule has 1 heterocycles. The minimum Gasteiger partial charge on any atom is -0.370 e. The van der Waals surface area contributed by atoms with Crippen molar-refractivity contribution < 1.29 is 0 Å². The topological polar surface area (TPSA) is 49.8 Å². The van der Waals surface area contributed by atoms with Gasteiger partial charge in [0.15, 0.2) is 0 Å². The van der Waals surface area contributed by atoms with Crippen molar-refractivity contribution in [1.82, 2.24) is 9.97 Å². The van der Waals surface area contributed by atoms with E-state index in [2.05, 4.69) is 65.6 Å². The Hall–Kier alpha value is -2.10. The summed E-state index contributed by atoms with van der Waals surface area (Å²) in [5.41, 5.74) is 3.51. The van der Waals surface area contributed by atoms with Gasteiger partial charge in [0.2, 0.25) is 0 Å². The van der Waals surface area contributed by atoms with Crippen molar-refractivity contribution in [2.45, 2.75) is 33.6 Å². The first-order valence-corrected chi connectivity index (χ1v) is 7.22. The summed E-state index contributed by atoms with van der Waals surface area (Å²) >= 11 is 0. The van der Waals surface area contributed by atoms with E-state index in [1.54, 1.807) is 6.33 Å². The molecule has 0 saturated heterocycles. The maximum atomic E-state index is 4.37. The highest BCUT2D eigenvalue weighted by Gasteiger charge is 2.09. The van der Waals surface area contributed by atoms with Crippen molar-refractivity contribution in [2.24, 2.45) is 0 Å². The molecule has 2 rings (SSSR count). The number of rotatable bonds is 6. The summed E-state index contributed by atoms with van der Waals surface area (Å²) in [6, 6.07) is 8.46. The van der Waals surface area contributed by atoms with E-state index in [4.69, 9.17) is 0 Å². The zero-order valence-corrected chi connectivity index (χ0v) is 12.4. The number of hydrogen-bond acceptors (Lipinski definition) is 4. The van der Waals surface area contributed by atoms with Crippen molar-refractivity contribution in [2.75, 3.05) is 17.2 Å². The molecule has 1 aromatic carbocycles. The van der Waals surface area contributed by atoms with Crippen LogP contribution in [0.1, 0.15) is 31.9 Å². The second-order valence-corrected chi connectivity index (χ2v) is 4.61. The highest BCUT2D eigenvalue weighted by atomic mass is 15.1. The zero-order chi connectivity index (χ0) is 14.4. The average molecular weight is 270 g/mol. The van der Waals surface area contributed by atoms with Gasteiger partial charge in [0.05, 0.1) is 0 Å². The fourth-order valence-electron chi connectivity index (χ4n) is 2.14. The molecule has 1 aromatic heterocycles. The molecule has 106 valence electrons. The van der Waals surface area contributed by atoms with Gasteiger partial charge in [-0.1, -0.05) is 26.0 Å². The monoisotopic (exact) mass is 270 g/mol. The Morgan fingerprint density at radius 2 is 1.60 bits per heavy atom. The summed E-state index contributed by atoms with van der Waals surface area (Å²) in [5.74, 6) is 1.79. The first-order valence-electron chi connectivity index (χ1n) is 7.22. The predicted octanol–water partition coefficient (Wildman–Crippen LogP) is 3.78. The first-order chi connectivity index (χ1) is 9.78. The van der Waals surface area contributed by atoms with Crippen LogP contribution in [0.4, 0.5) is 17.3 Å². The molecule has 2 aromatic rings. The molecule has 0 aliphatic heterocycles. The number of aromatic nitrogens is 2. The van der Waals surface area contributed by atoms with Gasteiger partial charge < -0.3 is 10.6 Å². The highest BCUT2D eigenvalue weighted by Crippen LogP contribution is 2.24. The van der Waals surface area contributed by atoms with Crippen molar-refractivity contribution in [3.8, 4) is 0 Å². The van der Waals surface area contributed by atoms with Gasteiger partial charge >= 0.3 is 0 Å². The van der Waals surface area contributed by atoms with Crippen LogP contribution in [0.3, 0.4) is 0 Å². The summed E-state index contributed by atoms with van der Waals surface area (Å²) in [5, 5.41) is 6.66. The normalized spacial score (nSPS) is 10.3. The van der Waals surface area contributed by atoms with Gasteiger partial charge in [-0.3, -0.25) is 0 Å². The van der Waals surface area contributed by atoms with Crippen molar-refractivity contribution in [1.29, 1.82) is 0 Å². The van der Waals surface area contributed by atoms with Crippen LogP contribution in [0.2, 0.25) is 0 Å². The minimum atomic E-state index is 0.856. The molecule has 0 aliphatic rings. The second kappa shape index (κ2) is 6.89. The summed E-state index contributed by atoms with van der Waals surface area (Å²) in [4.78, 5) is 8.67. The second-order valence-electron chi connectivity index (χ2n) is 4.61. The van der Waals surface area contributed by atoms with E-state index in [1.165, 1.54) is 5.56 Å². The summed E-state index contributed by atoms with van der Waals surface area (Å²) in [6.45, 7) is 7.20. The van der Waals surface area contributed by atoms with Gasteiger partial charge in [-0.15, -0.1) is 0 Å². The fourth-order valence-corrected chi connectivity index (χ4v) is 2.14. The molecule has 0 spiro atoms. The number of hydrogen-bond donors (Lipinski definition) is 2. The smallest absolute Gasteiger partial charge is 0.139 e. The summed E-state index contributed by atoms with van der Waals surface area (Å²) in [7, 11) is 0. The van der Waals surface area contributed by atoms with E-state index in [-0.39, 0.29) is 0 Å². The lowest BCUT2D eigenvalue weighted by atomic mass is 10.1. The van der Waals surface area contributed by atoms with E-state index < -0.39 is 0 Å². The van der Waals surface area contributed by atoms with E-state index >= 15 is 0 Å². The van der Waals surface area contributed by atoms with Gasteiger partial charge in [0.1, 0.15) is 18.0 Å². The number of aryl methyl sites for hydroxylation is 1. The van der Waals surface area contributed by atoms with E-state index in [1.807, 2.05) is 0 Å². The Bertz CT molecular complexity index is 549. The lowest BCUT2D eigenvalue weighted by molar-refractivity contribution is 1.03. The molecule has 4 nitrogen and oxygen atoms in total. The number of benzene rings is 1. The van der Waals surface area contributed by atoms with E-state index in [0.29, 0.717) is 0 Å². The number of nitrogens with zero attached hydrogens (tertiary/aromatic N) is 2. The first kappa shape index (κ1) is 14.3. The lowest BCUT2D eigenvalue weighted by Crippen LogP contribution is -2.07. The average Bonchev–Trinajstić information content (AvgIpc) is 2.49. The summed E-state index contributed by atoms with van der Waals surface area (Å²) in [6.07, 6.45) is 3.54. The van der Waals surface area contributed by atoms with Crippen LogP contribution >= 0.6 is 0 Å². The summed E-state index contributed by atoms with van der Waals surface area (Å²) < 4.78 is 0.